The molecule has 0 amide bonds. The Hall–Kier alpha value is -0.840. The largest absolute Gasteiger partial charge is 0.507 e. The predicted molar refractivity (Wildman–Crippen MR) is 83.8 cm³/mol. The van der Waals surface area contributed by atoms with Crippen LogP contribution >= 0.6 is 34.8 Å². The molecule has 0 aliphatic heterocycles. The number of ether oxygens (including phenoxy) is 1. The minimum atomic E-state index is -1.72. The van der Waals surface area contributed by atoms with Crippen LogP contribution in [0.1, 0.15) is 40.4 Å². The smallest absolute Gasteiger partial charge is 0.339 e. The summed E-state index contributed by atoms with van der Waals surface area (Å²) in [6, 6.07) is 0. The van der Waals surface area contributed by atoms with E-state index in [2.05, 4.69) is 0 Å². The fourth-order valence-electron chi connectivity index (χ4n) is 2.10. The number of alkyl halides is 3. The van der Waals surface area contributed by atoms with Crippen molar-refractivity contribution in [3.63, 3.8) is 0 Å². The Labute approximate surface area is 138 Å². The molecule has 2 N–H and O–H groups in total. The van der Waals surface area contributed by atoms with Crippen molar-refractivity contribution in [3.8, 4) is 11.5 Å². The minimum Gasteiger partial charge on any atom is -0.507 e. The zero-order valence-electron chi connectivity index (χ0n) is 12.0. The Morgan fingerprint density at radius 3 is 2.00 bits per heavy atom. The molecule has 1 aromatic carbocycles. The van der Waals surface area contributed by atoms with E-state index in [0.29, 0.717) is 23.1 Å². The van der Waals surface area contributed by atoms with Crippen molar-refractivity contribution in [3.05, 3.63) is 22.3 Å². The van der Waals surface area contributed by atoms with Crippen molar-refractivity contribution in [2.45, 2.75) is 37.4 Å². The van der Waals surface area contributed by atoms with Crippen molar-refractivity contribution in [1.29, 1.82) is 0 Å². The van der Waals surface area contributed by atoms with Crippen LogP contribution in [0.2, 0.25) is 0 Å². The van der Waals surface area contributed by atoms with Gasteiger partial charge in [0.25, 0.3) is 0 Å². The number of phenolic OH excluding ortho intramolecular Hbond substituents is 2. The molecule has 4 nitrogen and oxygen atoms in total. The molecule has 0 atom stereocenters. The first kappa shape index (κ1) is 18.2. The first-order valence-corrected chi connectivity index (χ1v) is 7.51. The number of hydrogen-bond acceptors (Lipinski definition) is 4. The summed E-state index contributed by atoms with van der Waals surface area (Å²) in [7, 11) is 0. The van der Waals surface area contributed by atoms with Crippen LogP contribution in [0, 0.1) is 13.8 Å². The van der Waals surface area contributed by atoms with Gasteiger partial charge in [-0.05, 0) is 20.3 Å². The van der Waals surface area contributed by atoms with Gasteiger partial charge in [0.15, 0.2) is 0 Å². The van der Waals surface area contributed by atoms with E-state index < -0.39 is 16.4 Å². The van der Waals surface area contributed by atoms with Gasteiger partial charge >= 0.3 is 5.97 Å². The fourth-order valence-corrected chi connectivity index (χ4v) is 2.26. The number of halogens is 3. The third kappa shape index (κ3) is 4.31. The third-order valence-corrected chi connectivity index (χ3v) is 3.43. The summed E-state index contributed by atoms with van der Waals surface area (Å²) in [5.41, 5.74) is 1.18. The van der Waals surface area contributed by atoms with Gasteiger partial charge in [-0.1, -0.05) is 48.1 Å². The number of carbonyl (C=O) groups excluding carboxylic acids is 1. The van der Waals surface area contributed by atoms with Crippen molar-refractivity contribution >= 4 is 40.8 Å². The number of benzene rings is 1. The van der Waals surface area contributed by atoms with E-state index in [1.807, 2.05) is 6.92 Å². The Bertz CT molecular complexity index is 521. The van der Waals surface area contributed by atoms with Crippen LogP contribution < -0.4 is 0 Å². The Morgan fingerprint density at radius 2 is 1.62 bits per heavy atom. The zero-order chi connectivity index (χ0) is 16.4. The van der Waals surface area contributed by atoms with Gasteiger partial charge in [0, 0.05) is 16.7 Å². The molecule has 0 saturated carbocycles. The lowest BCUT2D eigenvalue weighted by Crippen LogP contribution is -2.19. The van der Waals surface area contributed by atoms with Crippen molar-refractivity contribution < 1.29 is 19.7 Å². The molecule has 0 spiro atoms. The molecule has 0 aliphatic rings. The van der Waals surface area contributed by atoms with Crippen molar-refractivity contribution in [2.75, 3.05) is 6.61 Å². The number of aromatic hydroxyl groups is 2. The number of phenols is 2. The van der Waals surface area contributed by atoms with Gasteiger partial charge in [0.05, 0.1) is 5.56 Å². The van der Waals surface area contributed by atoms with E-state index in [9.17, 15) is 15.0 Å². The molecule has 7 heteroatoms. The van der Waals surface area contributed by atoms with Crippen LogP contribution in [0.4, 0.5) is 0 Å². The number of rotatable bonds is 4. The predicted octanol–water partition coefficient (Wildman–Crippen LogP) is 4.19. The molecule has 1 aromatic rings. The van der Waals surface area contributed by atoms with Gasteiger partial charge in [0.1, 0.15) is 18.1 Å². The molecule has 0 aromatic heterocycles. The highest BCUT2D eigenvalue weighted by Crippen LogP contribution is 2.38. The molecule has 0 unspecified atom stereocenters. The second-order valence-corrected chi connectivity index (χ2v) is 7.26. The molecule has 0 radical (unpaired) electrons. The molecule has 0 aliphatic carbocycles. The van der Waals surface area contributed by atoms with E-state index in [1.165, 1.54) is 0 Å². The highest BCUT2D eigenvalue weighted by atomic mass is 35.6. The quantitative estimate of drug-likeness (QED) is 0.627. The lowest BCUT2D eigenvalue weighted by molar-refractivity contribution is 0.0509. The molecular weight excluding hydrogens is 339 g/mol. The molecular formula is C14H17Cl3O4. The standard InChI is InChI=1S/C14H17Cl3O4/c1-4-5-9-11(18)7(2)10(8(3)12(9)19)13(20)21-6-14(15,16)17/h18-19H,4-6H2,1-3H3. The first-order valence-electron chi connectivity index (χ1n) is 6.38. The van der Waals surface area contributed by atoms with Crippen LogP contribution in [-0.2, 0) is 11.2 Å². The van der Waals surface area contributed by atoms with Crippen molar-refractivity contribution in [2.24, 2.45) is 0 Å². The van der Waals surface area contributed by atoms with E-state index in [-0.39, 0.29) is 17.1 Å². The highest BCUT2D eigenvalue weighted by Gasteiger charge is 2.27. The molecule has 21 heavy (non-hydrogen) atoms. The maximum absolute atomic E-state index is 12.1. The van der Waals surface area contributed by atoms with E-state index in [1.54, 1.807) is 13.8 Å². The summed E-state index contributed by atoms with van der Waals surface area (Å²) >= 11 is 16.6. The van der Waals surface area contributed by atoms with E-state index in [4.69, 9.17) is 39.5 Å². The molecule has 118 valence electrons. The summed E-state index contributed by atoms with van der Waals surface area (Å²) < 4.78 is 3.19. The summed E-state index contributed by atoms with van der Waals surface area (Å²) in [5.74, 6) is -0.980. The maximum atomic E-state index is 12.1. The monoisotopic (exact) mass is 354 g/mol. The first-order chi connectivity index (χ1) is 9.60. The van der Waals surface area contributed by atoms with E-state index in [0.717, 1.165) is 6.42 Å². The Kier molecular flexibility index (Phi) is 6.02. The topological polar surface area (TPSA) is 66.8 Å². The molecule has 0 saturated heterocycles. The number of carbonyl (C=O) groups is 1. The van der Waals surface area contributed by atoms with Gasteiger partial charge in [0.2, 0.25) is 3.79 Å². The van der Waals surface area contributed by atoms with Crippen LogP contribution in [0.15, 0.2) is 0 Å². The second kappa shape index (κ2) is 6.95. The van der Waals surface area contributed by atoms with Crippen LogP contribution in [0.5, 0.6) is 11.5 Å². The van der Waals surface area contributed by atoms with Crippen LogP contribution in [0.25, 0.3) is 0 Å². The second-order valence-electron chi connectivity index (χ2n) is 4.74. The maximum Gasteiger partial charge on any atom is 0.339 e. The van der Waals surface area contributed by atoms with E-state index >= 15 is 0 Å². The number of hydrogen-bond donors (Lipinski definition) is 2. The molecule has 1 rings (SSSR count). The van der Waals surface area contributed by atoms with Crippen LogP contribution in [-0.4, -0.2) is 26.6 Å². The average Bonchev–Trinajstić information content (AvgIpc) is 2.38. The summed E-state index contributed by atoms with van der Waals surface area (Å²) in [6.45, 7) is 4.65. The third-order valence-electron chi connectivity index (χ3n) is 3.10. The van der Waals surface area contributed by atoms with Gasteiger partial charge in [-0.3, -0.25) is 0 Å². The van der Waals surface area contributed by atoms with Gasteiger partial charge in [-0.2, -0.15) is 0 Å². The average molecular weight is 356 g/mol. The fraction of sp³-hybridized carbons (Fsp3) is 0.500. The van der Waals surface area contributed by atoms with Gasteiger partial charge in [-0.25, -0.2) is 4.79 Å². The molecule has 0 fully saturated rings. The van der Waals surface area contributed by atoms with Gasteiger partial charge < -0.3 is 14.9 Å². The lowest BCUT2D eigenvalue weighted by Gasteiger charge is -2.18. The van der Waals surface area contributed by atoms with Crippen molar-refractivity contribution in [1.82, 2.24) is 0 Å². The minimum absolute atomic E-state index is 0.0825. The molecule has 0 bridgehead atoms. The summed E-state index contributed by atoms with van der Waals surface area (Å²) in [4.78, 5) is 12.1. The van der Waals surface area contributed by atoms with Gasteiger partial charge in [-0.15, -0.1) is 0 Å². The summed E-state index contributed by atoms with van der Waals surface area (Å²) in [6.07, 6.45) is 1.25. The molecule has 0 heterocycles. The Balaban J connectivity index is 3.23. The van der Waals surface area contributed by atoms with Crippen LogP contribution in [0.3, 0.4) is 0 Å². The number of esters is 1. The normalized spacial score (nSPS) is 11.5. The SMILES string of the molecule is CCCc1c(O)c(C)c(C(=O)OCC(Cl)(Cl)Cl)c(C)c1O. The highest BCUT2D eigenvalue weighted by molar-refractivity contribution is 6.67. The Morgan fingerprint density at radius 1 is 1.14 bits per heavy atom. The lowest BCUT2D eigenvalue weighted by atomic mass is 9.94. The zero-order valence-corrected chi connectivity index (χ0v) is 14.2. The summed E-state index contributed by atoms with van der Waals surface area (Å²) in [5, 5.41) is 20.3.